The van der Waals surface area contributed by atoms with Crippen molar-refractivity contribution in [1.29, 1.82) is 0 Å². The highest BCUT2D eigenvalue weighted by Gasteiger charge is 2.30. The Hall–Kier alpha value is -0.820. The fraction of sp³-hybridized carbons (Fsp3) is 0.727. The van der Waals surface area contributed by atoms with E-state index in [4.69, 9.17) is 5.73 Å². The smallest absolute Gasteiger partial charge is 0.184 e. The predicted octanol–water partition coefficient (Wildman–Crippen LogP) is 1.76. The SMILES string of the molecule is CCN(CC1CC1)c1snc(N)c1S(=O)(=O)CC. The summed E-state index contributed by atoms with van der Waals surface area (Å²) in [7, 11) is -3.31. The topological polar surface area (TPSA) is 76.3 Å². The van der Waals surface area contributed by atoms with Crippen LogP contribution < -0.4 is 10.6 Å². The van der Waals surface area contributed by atoms with Crippen molar-refractivity contribution in [3.8, 4) is 0 Å². The Labute approximate surface area is 112 Å². The number of nitrogens with two attached hydrogens (primary N) is 1. The van der Waals surface area contributed by atoms with E-state index in [1.165, 1.54) is 24.4 Å². The molecular formula is C11H19N3O2S2. The zero-order valence-corrected chi connectivity index (χ0v) is 12.4. The van der Waals surface area contributed by atoms with E-state index >= 15 is 0 Å². The third kappa shape index (κ3) is 2.61. The molecule has 5 nitrogen and oxygen atoms in total. The number of nitrogens with zero attached hydrogens (tertiary/aromatic N) is 2. The normalized spacial score (nSPS) is 15.9. The van der Waals surface area contributed by atoms with E-state index < -0.39 is 9.84 Å². The maximum atomic E-state index is 12.1. The summed E-state index contributed by atoms with van der Waals surface area (Å²) in [5.41, 5.74) is 5.74. The van der Waals surface area contributed by atoms with Gasteiger partial charge in [-0.1, -0.05) is 6.92 Å². The van der Waals surface area contributed by atoms with Gasteiger partial charge < -0.3 is 10.6 Å². The lowest BCUT2D eigenvalue weighted by Gasteiger charge is -2.21. The molecule has 0 bridgehead atoms. The second kappa shape index (κ2) is 5.05. The van der Waals surface area contributed by atoms with Crippen molar-refractivity contribution in [3.05, 3.63) is 0 Å². The number of aromatic nitrogens is 1. The summed E-state index contributed by atoms with van der Waals surface area (Å²) in [6, 6.07) is 0. The van der Waals surface area contributed by atoms with Gasteiger partial charge in [-0.25, -0.2) is 8.42 Å². The molecule has 0 amide bonds. The first kappa shape index (κ1) is 13.6. The standard InChI is InChI=1S/C11H19N3O2S2/c1-3-14(7-8-5-6-8)11-9(10(12)13-17-11)18(15,16)4-2/h8H,3-7H2,1-2H3,(H2,12,13). The van der Waals surface area contributed by atoms with Crippen LogP contribution in [0.5, 0.6) is 0 Å². The molecule has 0 aromatic carbocycles. The van der Waals surface area contributed by atoms with E-state index in [2.05, 4.69) is 9.27 Å². The van der Waals surface area contributed by atoms with Crippen LogP contribution in [0.1, 0.15) is 26.7 Å². The van der Waals surface area contributed by atoms with Crippen LogP contribution >= 0.6 is 11.5 Å². The predicted molar refractivity (Wildman–Crippen MR) is 74.9 cm³/mol. The fourth-order valence-corrected chi connectivity index (χ4v) is 4.27. The summed E-state index contributed by atoms with van der Waals surface area (Å²) in [5, 5.41) is 0.712. The van der Waals surface area contributed by atoms with Gasteiger partial charge in [0.1, 0.15) is 9.90 Å². The minimum absolute atomic E-state index is 0.0591. The molecule has 1 fully saturated rings. The van der Waals surface area contributed by atoms with Crippen molar-refractivity contribution in [2.24, 2.45) is 5.92 Å². The lowest BCUT2D eigenvalue weighted by molar-refractivity contribution is 0.597. The summed E-state index contributed by atoms with van der Waals surface area (Å²) in [4.78, 5) is 2.33. The lowest BCUT2D eigenvalue weighted by atomic mass is 10.3. The number of anilines is 2. The van der Waals surface area contributed by atoms with Gasteiger partial charge in [0, 0.05) is 13.1 Å². The van der Waals surface area contributed by atoms with Crippen LogP contribution in [0, 0.1) is 5.92 Å². The molecule has 1 aromatic heterocycles. The Balaban J connectivity index is 2.37. The zero-order valence-electron chi connectivity index (χ0n) is 10.7. The molecule has 0 atom stereocenters. The van der Waals surface area contributed by atoms with E-state index in [9.17, 15) is 8.42 Å². The monoisotopic (exact) mass is 289 g/mol. The van der Waals surface area contributed by atoms with Gasteiger partial charge in [-0.2, -0.15) is 4.37 Å². The second-order valence-electron chi connectivity index (χ2n) is 4.59. The van der Waals surface area contributed by atoms with Crippen molar-refractivity contribution < 1.29 is 8.42 Å². The molecule has 0 radical (unpaired) electrons. The Kier molecular flexibility index (Phi) is 3.82. The molecule has 0 saturated heterocycles. The molecule has 0 spiro atoms. The summed E-state index contributed by atoms with van der Waals surface area (Å²) >= 11 is 1.19. The van der Waals surface area contributed by atoms with Crippen LogP contribution in [-0.2, 0) is 9.84 Å². The van der Waals surface area contributed by atoms with Crippen molar-refractivity contribution in [1.82, 2.24) is 4.37 Å². The Morgan fingerprint density at radius 3 is 2.61 bits per heavy atom. The Morgan fingerprint density at radius 2 is 2.11 bits per heavy atom. The van der Waals surface area contributed by atoms with Gasteiger partial charge in [0.05, 0.1) is 5.75 Å². The van der Waals surface area contributed by atoms with E-state index in [0.29, 0.717) is 10.9 Å². The first-order chi connectivity index (χ1) is 8.49. The molecule has 18 heavy (non-hydrogen) atoms. The van der Waals surface area contributed by atoms with Crippen LogP contribution in [0.15, 0.2) is 4.90 Å². The first-order valence-electron chi connectivity index (χ1n) is 6.22. The lowest BCUT2D eigenvalue weighted by Crippen LogP contribution is -2.26. The van der Waals surface area contributed by atoms with Crippen molar-refractivity contribution in [2.45, 2.75) is 31.6 Å². The number of sulfone groups is 1. The fourth-order valence-electron chi connectivity index (χ4n) is 1.89. The molecule has 0 unspecified atom stereocenters. The van der Waals surface area contributed by atoms with E-state index in [0.717, 1.165) is 13.1 Å². The molecule has 0 aliphatic heterocycles. The molecule has 1 heterocycles. The third-order valence-electron chi connectivity index (χ3n) is 3.19. The van der Waals surface area contributed by atoms with Crippen molar-refractivity contribution in [3.63, 3.8) is 0 Å². The maximum Gasteiger partial charge on any atom is 0.184 e. The molecule has 1 aliphatic rings. The summed E-state index contributed by atoms with van der Waals surface area (Å²) < 4.78 is 28.2. The average Bonchev–Trinajstić information content (AvgIpc) is 3.07. The number of hydrogen-bond donors (Lipinski definition) is 1. The van der Waals surface area contributed by atoms with Gasteiger partial charge >= 0.3 is 0 Å². The van der Waals surface area contributed by atoms with E-state index in [1.54, 1.807) is 6.92 Å². The number of hydrogen-bond acceptors (Lipinski definition) is 6. The van der Waals surface area contributed by atoms with Crippen LogP contribution in [0.2, 0.25) is 0 Å². The van der Waals surface area contributed by atoms with Crippen LogP contribution in [0.25, 0.3) is 0 Å². The largest absolute Gasteiger partial charge is 0.382 e. The van der Waals surface area contributed by atoms with Crippen LogP contribution in [0.4, 0.5) is 10.8 Å². The Morgan fingerprint density at radius 1 is 1.44 bits per heavy atom. The highest BCUT2D eigenvalue weighted by atomic mass is 32.2. The molecule has 1 saturated carbocycles. The minimum atomic E-state index is -3.31. The van der Waals surface area contributed by atoms with Gasteiger partial charge in [-0.05, 0) is 37.2 Å². The molecular weight excluding hydrogens is 270 g/mol. The van der Waals surface area contributed by atoms with E-state index in [-0.39, 0.29) is 16.5 Å². The van der Waals surface area contributed by atoms with Crippen molar-refractivity contribution in [2.75, 3.05) is 29.5 Å². The second-order valence-corrected chi connectivity index (χ2v) is 7.55. The van der Waals surface area contributed by atoms with Gasteiger partial charge in [-0.15, -0.1) is 0 Å². The van der Waals surface area contributed by atoms with E-state index in [1.807, 2.05) is 6.92 Å². The third-order valence-corrected chi connectivity index (χ3v) is 6.03. The highest BCUT2D eigenvalue weighted by Crippen LogP contribution is 2.38. The summed E-state index contributed by atoms with van der Waals surface area (Å²) in [6.07, 6.45) is 2.47. The van der Waals surface area contributed by atoms with Crippen molar-refractivity contribution >= 4 is 32.2 Å². The Bertz CT molecular complexity index is 520. The molecule has 2 rings (SSSR count). The van der Waals surface area contributed by atoms with Gasteiger partial charge in [0.15, 0.2) is 15.7 Å². The van der Waals surface area contributed by atoms with Crippen LogP contribution in [-0.4, -0.2) is 31.6 Å². The first-order valence-corrected chi connectivity index (χ1v) is 8.65. The zero-order chi connectivity index (χ0) is 13.3. The molecule has 7 heteroatoms. The quantitative estimate of drug-likeness (QED) is 0.863. The summed E-state index contributed by atoms with van der Waals surface area (Å²) in [6.45, 7) is 5.35. The molecule has 102 valence electrons. The number of nitrogen functional groups attached to an aromatic ring is 1. The molecule has 2 N–H and O–H groups in total. The highest BCUT2D eigenvalue weighted by molar-refractivity contribution is 7.91. The van der Waals surface area contributed by atoms with Gasteiger partial charge in [0.2, 0.25) is 0 Å². The van der Waals surface area contributed by atoms with Crippen LogP contribution in [0.3, 0.4) is 0 Å². The number of rotatable bonds is 6. The minimum Gasteiger partial charge on any atom is -0.382 e. The van der Waals surface area contributed by atoms with Gasteiger partial charge in [-0.3, -0.25) is 0 Å². The maximum absolute atomic E-state index is 12.1. The molecule has 1 aromatic rings. The molecule has 1 aliphatic carbocycles. The summed E-state index contributed by atoms with van der Waals surface area (Å²) in [5.74, 6) is 0.903. The average molecular weight is 289 g/mol. The van der Waals surface area contributed by atoms with Gasteiger partial charge in [0.25, 0.3) is 0 Å².